The molecular weight excluding hydrogens is 284 g/mol. The molecule has 0 aromatic rings. The van der Waals surface area contributed by atoms with Crippen molar-refractivity contribution in [3.05, 3.63) is 0 Å². The van der Waals surface area contributed by atoms with E-state index in [1.807, 2.05) is 23.5 Å². The van der Waals surface area contributed by atoms with Crippen LogP contribution >= 0.6 is 23.5 Å². The Labute approximate surface area is 123 Å². The van der Waals surface area contributed by atoms with E-state index in [1.54, 1.807) is 7.11 Å². The quantitative estimate of drug-likeness (QED) is 0.745. The summed E-state index contributed by atoms with van der Waals surface area (Å²) < 4.78 is 10.7. The van der Waals surface area contributed by atoms with Crippen LogP contribution in [0.5, 0.6) is 0 Å². The first-order chi connectivity index (χ1) is 9.24. The average molecular weight is 308 g/mol. The summed E-state index contributed by atoms with van der Waals surface area (Å²) in [6.45, 7) is 0.278. The number of aliphatic hydroxyl groups excluding tert-OH is 2. The first-order valence-corrected chi connectivity index (χ1v) is 9.17. The van der Waals surface area contributed by atoms with Crippen molar-refractivity contribution < 1.29 is 19.7 Å². The highest BCUT2D eigenvalue weighted by molar-refractivity contribution is 7.99. The summed E-state index contributed by atoms with van der Waals surface area (Å²) in [6, 6.07) is 0. The number of ether oxygens (including phenoxy) is 2. The third-order valence-electron chi connectivity index (χ3n) is 3.97. The summed E-state index contributed by atoms with van der Waals surface area (Å²) in [4.78, 5) is 0. The molecule has 2 heterocycles. The van der Waals surface area contributed by atoms with Crippen molar-refractivity contribution in [2.45, 2.75) is 31.2 Å². The smallest absolute Gasteiger partial charge is 0.146 e. The maximum atomic E-state index is 10.6. The second-order valence-corrected chi connectivity index (χ2v) is 7.52. The number of aliphatic hydroxyl groups is 2. The monoisotopic (exact) mass is 308 g/mol. The van der Waals surface area contributed by atoms with Crippen molar-refractivity contribution in [1.29, 1.82) is 0 Å². The molecule has 2 saturated heterocycles. The Kier molecular flexibility index (Phi) is 6.79. The minimum Gasteiger partial charge on any atom is -0.393 e. The van der Waals surface area contributed by atoms with Crippen molar-refractivity contribution in [2.24, 2.45) is 11.8 Å². The minimum absolute atomic E-state index is 0.0175. The molecule has 2 aliphatic rings. The number of hydrogen-bond donors (Lipinski definition) is 2. The highest BCUT2D eigenvalue weighted by Gasteiger charge is 2.39. The Balaban J connectivity index is 1.95. The van der Waals surface area contributed by atoms with E-state index in [2.05, 4.69) is 0 Å². The molecular formula is C13H24O4S2. The van der Waals surface area contributed by atoms with Gasteiger partial charge < -0.3 is 19.7 Å². The van der Waals surface area contributed by atoms with Gasteiger partial charge in [-0.15, -0.1) is 0 Å². The third kappa shape index (κ3) is 4.25. The van der Waals surface area contributed by atoms with Gasteiger partial charge in [-0.25, -0.2) is 0 Å². The van der Waals surface area contributed by atoms with Crippen molar-refractivity contribution in [2.75, 3.05) is 36.9 Å². The molecule has 0 unspecified atom stereocenters. The van der Waals surface area contributed by atoms with Crippen molar-refractivity contribution in [1.82, 2.24) is 0 Å². The largest absolute Gasteiger partial charge is 0.393 e. The number of hydrogen-bond acceptors (Lipinski definition) is 6. The summed E-state index contributed by atoms with van der Waals surface area (Å²) >= 11 is 3.69. The van der Waals surface area contributed by atoms with Gasteiger partial charge in [0, 0.05) is 30.5 Å². The van der Waals surface area contributed by atoms with E-state index in [-0.39, 0.29) is 30.8 Å². The van der Waals surface area contributed by atoms with Gasteiger partial charge in [0.25, 0.3) is 0 Å². The molecule has 0 radical (unpaired) electrons. The lowest BCUT2D eigenvalue weighted by molar-refractivity contribution is -0.119. The number of thioether (sulfide) groups is 2. The van der Waals surface area contributed by atoms with E-state index in [9.17, 15) is 10.2 Å². The standard InChI is InChI=1S/C13H24O4S2/c1-16-8-17-12-3-5-19-7-10(12)13(15)9-6-18-4-2-11(9)14/h9-15H,2-8H2,1H3/t9-,10-,11-,12+,13-/m0/s1. The lowest BCUT2D eigenvalue weighted by Crippen LogP contribution is -2.47. The summed E-state index contributed by atoms with van der Waals surface area (Å²) in [7, 11) is 1.62. The second-order valence-electron chi connectivity index (χ2n) is 5.22. The van der Waals surface area contributed by atoms with Gasteiger partial charge in [-0.2, -0.15) is 23.5 Å². The zero-order valence-electron chi connectivity index (χ0n) is 11.4. The zero-order chi connectivity index (χ0) is 13.7. The van der Waals surface area contributed by atoms with Crippen LogP contribution in [0.15, 0.2) is 0 Å². The van der Waals surface area contributed by atoms with Crippen LogP contribution < -0.4 is 0 Å². The van der Waals surface area contributed by atoms with Crippen LogP contribution in [0, 0.1) is 11.8 Å². The zero-order valence-corrected chi connectivity index (χ0v) is 13.0. The van der Waals surface area contributed by atoms with Gasteiger partial charge in [0.1, 0.15) is 6.79 Å². The van der Waals surface area contributed by atoms with Gasteiger partial charge in [-0.05, 0) is 24.3 Å². The Hall–Kier alpha value is 0.540. The van der Waals surface area contributed by atoms with Gasteiger partial charge in [0.15, 0.2) is 0 Å². The molecule has 2 N–H and O–H groups in total. The average Bonchev–Trinajstić information content (AvgIpc) is 2.45. The summed E-state index contributed by atoms with van der Waals surface area (Å²) in [5.41, 5.74) is 0. The Bertz CT molecular complexity index is 267. The van der Waals surface area contributed by atoms with E-state index in [0.29, 0.717) is 0 Å². The molecule has 2 fully saturated rings. The van der Waals surface area contributed by atoms with Gasteiger partial charge in [0.05, 0.1) is 18.3 Å². The third-order valence-corrected chi connectivity index (χ3v) is 6.26. The summed E-state index contributed by atoms with van der Waals surface area (Å²) in [6.07, 6.45) is 0.945. The van der Waals surface area contributed by atoms with Crippen LogP contribution in [0.4, 0.5) is 0 Å². The molecule has 0 aromatic carbocycles. The minimum atomic E-state index is -0.475. The molecule has 0 amide bonds. The van der Waals surface area contributed by atoms with Crippen molar-refractivity contribution in [3.8, 4) is 0 Å². The SMILES string of the molecule is COCO[C@@H]1CCSC[C@@H]1[C@@H](O)[C@H]1CSCC[C@@H]1O. The molecule has 19 heavy (non-hydrogen) atoms. The highest BCUT2D eigenvalue weighted by atomic mass is 32.2. The Morgan fingerprint density at radius 1 is 1.16 bits per heavy atom. The number of rotatable bonds is 5. The molecule has 2 rings (SSSR count). The van der Waals surface area contributed by atoms with Gasteiger partial charge in [0.2, 0.25) is 0 Å². The Morgan fingerprint density at radius 2 is 1.84 bits per heavy atom. The normalized spacial score (nSPS) is 38.1. The van der Waals surface area contributed by atoms with E-state index in [0.717, 1.165) is 35.9 Å². The van der Waals surface area contributed by atoms with Crippen LogP contribution in [-0.2, 0) is 9.47 Å². The van der Waals surface area contributed by atoms with Crippen LogP contribution in [0.25, 0.3) is 0 Å². The predicted octanol–water partition coefficient (Wildman–Crippen LogP) is 1.20. The number of methoxy groups -OCH3 is 1. The van der Waals surface area contributed by atoms with E-state index in [1.165, 1.54) is 0 Å². The molecule has 2 aliphatic heterocycles. The predicted molar refractivity (Wildman–Crippen MR) is 79.6 cm³/mol. The first-order valence-electron chi connectivity index (χ1n) is 6.86. The summed E-state index contributed by atoms with van der Waals surface area (Å²) in [5, 5.41) is 20.7. The maximum absolute atomic E-state index is 10.6. The van der Waals surface area contributed by atoms with Crippen LogP contribution in [0.1, 0.15) is 12.8 Å². The van der Waals surface area contributed by atoms with E-state index < -0.39 is 6.10 Å². The molecule has 0 aromatic heterocycles. The highest BCUT2D eigenvalue weighted by Crippen LogP contribution is 2.35. The fourth-order valence-electron chi connectivity index (χ4n) is 2.81. The van der Waals surface area contributed by atoms with E-state index in [4.69, 9.17) is 9.47 Å². The molecule has 6 heteroatoms. The molecule has 0 spiro atoms. The molecule has 112 valence electrons. The maximum Gasteiger partial charge on any atom is 0.146 e. The molecule has 0 bridgehead atoms. The van der Waals surface area contributed by atoms with Crippen LogP contribution in [0.2, 0.25) is 0 Å². The molecule has 5 atom stereocenters. The van der Waals surface area contributed by atoms with Crippen LogP contribution in [-0.4, -0.2) is 65.4 Å². The topological polar surface area (TPSA) is 58.9 Å². The lowest BCUT2D eigenvalue weighted by atomic mass is 9.84. The van der Waals surface area contributed by atoms with Gasteiger partial charge >= 0.3 is 0 Å². The van der Waals surface area contributed by atoms with Crippen molar-refractivity contribution in [3.63, 3.8) is 0 Å². The van der Waals surface area contributed by atoms with Crippen LogP contribution in [0.3, 0.4) is 0 Å². The molecule has 4 nitrogen and oxygen atoms in total. The van der Waals surface area contributed by atoms with Gasteiger partial charge in [-0.1, -0.05) is 0 Å². The Morgan fingerprint density at radius 3 is 2.53 bits per heavy atom. The fraction of sp³-hybridized carbons (Fsp3) is 1.00. The van der Waals surface area contributed by atoms with Gasteiger partial charge in [-0.3, -0.25) is 0 Å². The second kappa shape index (κ2) is 8.10. The molecule has 0 aliphatic carbocycles. The van der Waals surface area contributed by atoms with E-state index >= 15 is 0 Å². The van der Waals surface area contributed by atoms with Crippen molar-refractivity contribution >= 4 is 23.5 Å². The first kappa shape index (κ1) is 15.9. The fourth-order valence-corrected chi connectivity index (χ4v) is 5.33. The summed E-state index contributed by atoms with van der Waals surface area (Å²) in [5.74, 6) is 3.90. The lowest BCUT2D eigenvalue weighted by Gasteiger charge is -2.40. The molecule has 0 saturated carbocycles.